The Hall–Kier alpha value is -1.61. The standard InChI is InChI=1S/C15H21NO2/c1-11-8-12(2)14(13(3)9-11)10-16(4)7-5-6-15(17)18/h5-6,8-9H,7,10H2,1-4H3,(H,17,18)/b6-5+. The number of aliphatic carboxylic acids is 1. The Balaban J connectivity index is 2.70. The van der Waals surface area contributed by atoms with Gasteiger partial charge < -0.3 is 5.11 Å². The van der Waals surface area contributed by atoms with E-state index in [1.165, 1.54) is 28.3 Å². The summed E-state index contributed by atoms with van der Waals surface area (Å²) in [7, 11) is 1.99. The summed E-state index contributed by atoms with van der Waals surface area (Å²) in [4.78, 5) is 12.5. The van der Waals surface area contributed by atoms with E-state index in [0.29, 0.717) is 6.54 Å². The van der Waals surface area contributed by atoms with Crippen LogP contribution in [-0.2, 0) is 11.3 Å². The van der Waals surface area contributed by atoms with Gasteiger partial charge >= 0.3 is 5.97 Å². The molecule has 0 spiro atoms. The summed E-state index contributed by atoms with van der Waals surface area (Å²) in [6, 6.07) is 4.37. The highest BCUT2D eigenvalue weighted by atomic mass is 16.4. The summed E-state index contributed by atoms with van der Waals surface area (Å²) in [6.45, 7) is 7.82. The molecule has 0 aliphatic rings. The zero-order valence-corrected chi connectivity index (χ0v) is 11.5. The van der Waals surface area contributed by atoms with Gasteiger partial charge in [-0.25, -0.2) is 4.79 Å². The quantitative estimate of drug-likeness (QED) is 0.813. The fourth-order valence-electron chi connectivity index (χ4n) is 2.13. The van der Waals surface area contributed by atoms with Crippen molar-refractivity contribution in [2.24, 2.45) is 0 Å². The van der Waals surface area contributed by atoms with E-state index in [1.807, 2.05) is 7.05 Å². The normalized spacial score (nSPS) is 11.4. The van der Waals surface area contributed by atoms with Crippen LogP contribution in [0.5, 0.6) is 0 Å². The first-order valence-corrected chi connectivity index (χ1v) is 6.05. The van der Waals surface area contributed by atoms with E-state index in [9.17, 15) is 4.79 Å². The van der Waals surface area contributed by atoms with Gasteiger partial charge in [0.25, 0.3) is 0 Å². The number of rotatable bonds is 5. The number of likely N-dealkylation sites (N-methyl/N-ethyl adjacent to an activating group) is 1. The molecule has 3 heteroatoms. The van der Waals surface area contributed by atoms with E-state index in [1.54, 1.807) is 6.08 Å². The fourth-order valence-corrected chi connectivity index (χ4v) is 2.13. The number of carbonyl (C=O) groups is 1. The Labute approximate surface area is 109 Å². The van der Waals surface area contributed by atoms with Crippen molar-refractivity contribution < 1.29 is 9.90 Å². The first-order chi connectivity index (χ1) is 8.40. The van der Waals surface area contributed by atoms with Gasteiger partial charge in [0.1, 0.15) is 0 Å². The van der Waals surface area contributed by atoms with Crippen LogP contribution in [0.15, 0.2) is 24.3 Å². The largest absolute Gasteiger partial charge is 0.478 e. The van der Waals surface area contributed by atoms with E-state index < -0.39 is 5.97 Å². The monoisotopic (exact) mass is 247 g/mol. The fraction of sp³-hybridized carbons (Fsp3) is 0.400. The van der Waals surface area contributed by atoms with Crippen LogP contribution in [0.4, 0.5) is 0 Å². The molecule has 98 valence electrons. The predicted molar refractivity (Wildman–Crippen MR) is 73.8 cm³/mol. The van der Waals surface area contributed by atoms with Crippen molar-refractivity contribution in [3.8, 4) is 0 Å². The molecule has 1 aromatic rings. The molecule has 1 aromatic carbocycles. The summed E-state index contributed by atoms with van der Waals surface area (Å²) < 4.78 is 0. The SMILES string of the molecule is Cc1cc(C)c(CN(C)C/C=C/C(=O)O)c(C)c1. The second-order valence-corrected chi connectivity index (χ2v) is 4.81. The molecular formula is C15H21NO2. The number of carboxylic acids is 1. The van der Waals surface area contributed by atoms with Crippen LogP contribution >= 0.6 is 0 Å². The lowest BCUT2D eigenvalue weighted by molar-refractivity contribution is -0.131. The third kappa shape index (κ3) is 4.34. The van der Waals surface area contributed by atoms with Crippen LogP contribution < -0.4 is 0 Å². The lowest BCUT2D eigenvalue weighted by Crippen LogP contribution is -2.19. The highest BCUT2D eigenvalue weighted by molar-refractivity contribution is 5.79. The second kappa shape index (κ2) is 6.36. The summed E-state index contributed by atoms with van der Waals surface area (Å²) in [5, 5.41) is 8.53. The number of aryl methyl sites for hydroxylation is 3. The first-order valence-electron chi connectivity index (χ1n) is 6.05. The average Bonchev–Trinajstić information content (AvgIpc) is 2.22. The van der Waals surface area contributed by atoms with Gasteiger partial charge in [0.2, 0.25) is 0 Å². The Morgan fingerprint density at radius 1 is 1.28 bits per heavy atom. The van der Waals surface area contributed by atoms with Gasteiger partial charge in [-0.15, -0.1) is 0 Å². The number of hydrogen-bond acceptors (Lipinski definition) is 2. The molecule has 0 unspecified atom stereocenters. The van der Waals surface area contributed by atoms with Crippen LogP contribution in [-0.4, -0.2) is 29.6 Å². The Morgan fingerprint density at radius 2 is 1.83 bits per heavy atom. The smallest absolute Gasteiger partial charge is 0.328 e. The Morgan fingerprint density at radius 3 is 2.33 bits per heavy atom. The number of hydrogen-bond donors (Lipinski definition) is 1. The maximum atomic E-state index is 10.4. The predicted octanol–water partition coefficient (Wildman–Crippen LogP) is 2.68. The third-order valence-electron chi connectivity index (χ3n) is 2.95. The molecule has 3 nitrogen and oxygen atoms in total. The van der Waals surface area contributed by atoms with Crippen molar-refractivity contribution in [1.82, 2.24) is 4.90 Å². The number of carboxylic acid groups (broad SMARTS) is 1. The molecule has 0 aliphatic heterocycles. The Kier molecular flexibility index (Phi) is 5.10. The molecule has 0 radical (unpaired) electrons. The topological polar surface area (TPSA) is 40.5 Å². The highest BCUT2D eigenvalue weighted by Crippen LogP contribution is 2.17. The summed E-state index contributed by atoms with van der Waals surface area (Å²) in [5.41, 5.74) is 5.19. The molecule has 1 rings (SSSR count). The third-order valence-corrected chi connectivity index (χ3v) is 2.95. The lowest BCUT2D eigenvalue weighted by Gasteiger charge is -2.18. The van der Waals surface area contributed by atoms with Gasteiger partial charge in [-0.2, -0.15) is 0 Å². The zero-order valence-electron chi connectivity index (χ0n) is 11.5. The van der Waals surface area contributed by atoms with Crippen molar-refractivity contribution in [1.29, 1.82) is 0 Å². The van der Waals surface area contributed by atoms with Crippen LogP contribution in [0.3, 0.4) is 0 Å². The lowest BCUT2D eigenvalue weighted by atomic mass is 9.99. The molecule has 0 atom stereocenters. The van der Waals surface area contributed by atoms with Gasteiger partial charge in [0.05, 0.1) is 0 Å². The molecule has 0 aliphatic carbocycles. The molecular weight excluding hydrogens is 226 g/mol. The van der Waals surface area contributed by atoms with Crippen LogP contribution in [0.25, 0.3) is 0 Å². The molecule has 0 aromatic heterocycles. The summed E-state index contributed by atoms with van der Waals surface area (Å²) >= 11 is 0. The van der Waals surface area contributed by atoms with Crippen LogP contribution in [0, 0.1) is 20.8 Å². The molecule has 18 heavy (non-hydrogen) atoms. The van der Waals surface area contributed by atoms with Crippen molar-refractivity contribution in [2.45, 2.75) is 27.3 Å². The van der Waals surface area contributed by atoms with Gasteiger partial charge in [-0.1, -0.05) is 23.8 Å². The van der Waals surface area contributed by atoms with E-state index in [2.05, 4.69) is 37.8 Å². The minimum atomic E-state index is -0.897. The van der Waals surface area contributed by atoms with E-state index in [-0.39, 0.29) is 0 Å². The van der Waals surface area contributed by atoms with Gasteiger partial charge in [0.15, 0.2) is 0 Å². The maximum absolute atomic E-state index is 10.4. The van der Waals surface area contributed by atoms with Crippen molar-refractivity contribution in [3.05, 3.63) is 46.5 Å². The Bertz CT molecular complexity index is 441. The van der Waals surface area contributed by atoms with Crippen molar-refractivity contribution in [3.63, 3.8) is 0 Å². The minimum absolute atomic E-state index is 0.638. The number of nitrogens with zero attached hydrogens (tertiary/aromatic N) is 1. The van der Waals surface area contributed by atoms with Gasteiger partial charge in [-0.05, 0) is 44.5 Å². The molecule has 0 saturated carbocycles. The number of benzene rings is 1. The van der Waals surface area contributed by atoms with E-state index in [0.717, 1.165) is 6.54 Å². The second-order valence-electron chi connectivity index (χ2n) is 4.81. The van der Waals surface area contributed by atoms with Gasteiger partial charge in [-0.3, -0.25) is 4.90 Å². The van der Waals surface area contributed by atoms with Crippen molar-refractivity contribution >= 4 is 5.97 Å². The van der Waals surface area contributed by atoms with Crippen molar-refractivity contribution in [2.75, 3.05) is 13.6 Å². The molecule has 0 bridgehead atoms. The van der Waals surface area contributed by atoms with Crippen LogP contribution in [0.2, 0.25) is 0 Å². The molecule has 0 amide bonds. The van der Waals surface area contributed by atoms with Gasteiger partial charge in [0, 0.05) is 19.2 Å². The maximum Gasteiger partial charge on any atom is 0.328 e. The summed E-state index contributed by atoms with van der Waals surface area (Å²) in [5.74, 6) is -0.897. The molecule has 0 saturated heterocycles. The van der Waals surface area contributed by atoms with Crippen LogP contribution in [0.1, 0.15) is 22.3 Å². The van der Waals surface area contributed by atoms with E-state index >= 15 is 0 Å². The zero-order chi connectivity index (χ0) is 13.7. The highest BCUT2D eigenvalue weighted by Gasteiger charge is 2.06. The summed E-state index contributed by atoms with van der Waals surface area (Å²) in [6.07, 6.45) is 2.85. The first kappa shape index (κ1) is 14.5. The van der Waals surface area contributed by atoms with E-state index in [4.69, 9.17) is 5.11 Å². The minimum Gasteiger partial charge on any atom is -0.478 e. The average molecular weight is 247 g/mol. The molecule has 0 heterocycles. The molecule has 1 N–H and O–H groups in total. The molecule has 0 fully saturated rings.